The summed E-state index contributed by atoms with van der Waals surface area (Å²) in [5.74, 6) is -0.996. The van der Waals surface area contributed by atoms with E-state index in [1.54, 1.807) is 0 Å². The first kappa shape index (κ1) is 71.6. The summed E-state index contributed by atoms with van der Waals surface area (Å²) in [6, 6.07) is 0. The number of esters is 3. The zero-order valence-corrected chi connectivity index (χ0v) is 49.6. The van der Waals surface area contributed by atoms with Gasteiger partial charge in [-0.15, -0.1) is 0 Å². The molecular weight excluding hydrogens is 925 g/mol. The lowest BCUT2D eigenvalue weighted by Gasteiger charge is -2.18. The summed E-state index contributed by atoms with van der Waals surface area (Å²) >= 11 is 0. The van der Waals surface area contributed by atoms with E-state index >= 15 is 0 Å². The number of carbonyl (C=O) groups excluding carboxylic acids is 3. The molecule has 0 heterocycles. The summed E-state index contributed by atoms with van der Waals surface area (Å²) in [5, 5.41) is 0. The molecule has 0 aliphatic heterocycles. The predicted molar refractivity (Wildman–Crippen MR) is 325 cm³/mol. The van der Waals surface area contributed by atoms with Gasteiger partial charge in [0.25, 0.3) is 0 Å². The van der Waals surface area contributed by atoms with E-state index in [2.05, 4.69) is 93.7 Å². The fourth-order valence-electron chi connectivity index (χ4n) is 9.11. The van der Waals surface area contributed by atoms with Gasteiger partial charge in [0.15, 0.2) is 6.10 Å². The second kappa shape index (κ2) is 63.1. The highest BCUT2D eigenvalue weighted by molar-refractivity contribution is 5.71. The summed E-state index contributed by atoms with van der Waals surface area (Å²) in [5.41, 5.74) is 0. The molecule has 0 aromatic rings. The fraction of sp³-hybridized carbons (Fsp3) is 0.754. The Morgan fingerprint density at radius 2 is 0.547 bits per heavy atom. The van der Waals surface area contributed by atoms with Crippen LogP contribution in [0.1, 0.15) is 316 Å². The summed E-state index contributed by atoms with van der Waals surface area (Å²) < 4.78 is 16.7. The minimum absolute atomic E-state index is 0.105. The lowest BCUT2D eigenvalue weighted by molar-refractivity contribution is -0.166. The second-order valence-electron chi connectivity index (χ2n) is 21.3. The Hall–Kier alpha value is -3.41. The Morgan fingerprint density at radius 1 is 0.280 bits per heavy atom. The van der Waals surface area contributed by atoms with Gasteiger partial charge < -0.3 is 14.2 Å². The van der Waals surface area contributed by atoms with Crippen LogP contribution in [0.3, 0.4) is 0 Å². The second-order valence-corrected chi connectivity index (χ2v) is 21.3. The molecule has 0 amide bonds. The third-order valence-electron chi connectivity index (χ3n) is 13.9. The van der Waals surface area contributed by atoms with Gasteiger partial charge in [0.2, 0.25) is 0 Å². The fourth-order valence-corrected chi connectivity index (χ4v) is 9.11. The average Bonchev–Trinajstić information content (AvgIpc) is 3.41. The van der Waals surface area contributed by atoms with Crippen LogP contribution in [-0.4, -0.2) is 37.2 Å². The van der Waals surface area contributed by atoms with E-state index in [0.29, 0.717) is 19.3 Å². The van der Waals surface area contributed by atoms with E-state index in [9.17, 15) is 14.4 Å². The van der Waals surface area contributed by atoms with E-state index in [1.807, 2.05) is 12.2 Å². The molecule has 0 spiro atoms. The highest BCUT2D eigenvalue weighted by atomic mass is 16.6. The highest BCUT2D eigenvalue weighted by Crippen LogP contribution is 2.17. The molecule has 0 radical (unpaired) electrons. The summed E-state index contributed by atoms with van der Waals surface area (Å²) in [4.78, 5) is 37.8. The van der Waals surface area contributed by atoms with Crippen LogP contribution in [0.4, 0.5) is 0 Å². The van der Waals surface area contributed by atoms with Gasteiger partial charge in [0, 0.05) is 19.3 Å². The highest BCUT2D eigenvalue weighted by Gasteiger charge is 2.19. The van der Waals surface area contributed by atoms with Crippen molar-refractivity contribution in [2.75, 3.05) is 13.2 Å². The minimum atomic E-state index is -0.812. The van der Waals surface area contributed by atoms with Crippen molar-refractivity contribution in [3.8, 4) is 0 Å². The van der Waals surface area contributed by atoms with Crippen LogP contribution >= 0.6 is 0 Å². The summed E-state index contributed by atoms with van der Waals surface area (Å²) in [6.07, 6.45) is 84.0. The molecule has 1 atom stereocenters. The van der Waals surface area contributed by atoms with Gasteiger partial charge in [-0.25, -0.2) is 0 Å². The zero-order chi connectivity index (χ0) is 54.3. The van der Waals surface area contributed by atoms with Gasteiger partial charge in [-0.05, 0) is 83.5 Å². The molecule has 75 heavy (non-hydrogen) atoms. The summed E-state index contributed by atoms with van der Waals surface area (Å²) in [7, 11) is 0. The molecule has 432 valence electrons. The summed E-state index contributed by atoms with van der Waals surface area (Å²) in [6.45, 7) is 6.40. The Bertz CT molecular complexity index is 1430. The molecule has 0 bridgehead atoms. The van der Waals surface area contributed by atoms with Crippen molar-refractivity contribution in [3.05, 3.63) is 85.1 Å². The molecule has 0 fully saturated rings. The van der Waals surface area contributed by atoms with Crippen LogP contribution in [0.15, 0.2) is 85.1 Å². The average molecular weight is 1050 g/mol. The molecule has 0 aromatic carbocycles. The molecule has 0 aliphatic rings. The van der Waals surface area contributed by atoms with Crippen LogP contribution < -0.4 is 0 Å². The first-order chi connectivity index (χ1) is 37.0. The maximum atomic E-state index is 12.8. The minimum Gasteiger partial charge on any atom is -0.462 e. The molecule has 1 unspecified atom stereocenters. The van der Waals surface area contributed by atoms with Crippen molar-refractivity contribution in [2.24, 2.45) is 0 Å². The molecule has 0 saturated heterocycles. The normalized spacial score (nSPS) is 12.6. The number of allylic oxidation sites excluding steroid dienone is 14. The van der Waals surface area contributed by atoms with Crippen LogP contribution in [-0.2, 0) is 28.6 Å². The number of unbranched alkanes of at least 4 members (excludes halogenated alkanes) is 33. The first-order valence-corrected chi connectivity index (χ1v) is 32.1. The molecular formula is C69H120O6. The van der Waals surface area contributed by atoms with Crippen LogP contribution in [0, 0.1) is 0 Å². The Balaban J connectivity index is 3.99. The van der Waals surface area contributed by atoms with Gasteiger partial charge in [0.05, 0.1) is 0 Å². The molecule has 0 N–H and O–H groups in total. The van der Waals surface area contributed by atoms with Crippen LogP contribution in [0.25, 0.3) is 0 Å². The van der Waals surface area contributed by atoms with Crippen LogP contribution in [0.2, 0.25) is 0 Å². The van der Waals surface area contributed by atoms with Crippen molar-refractivity contribution < 1.29 is 28.6 Å². The predicted octanol–water partition coefficient (Wildman–Crippen LogP) is 21.9. The maximum Gasteiger partial charge on any atom is 0.306 e. The van der Waals surface area contributed by atoms with Crippen molar-refractivity contribution in [1.82, 2.24) is 0 Å². The van der Waals surface area contributed by atoms with Crippen molar-refractivity contribution in [3.63, 3.8) is 0 Å². The number of rotatable bonds is 58. The monoisotopic (exact) mass is 1040 g/mol. The Labute approximate surface area is 465 Å². The largest absolute Gasteiger partial charge is 0.462 e. The smallest absolute Gasteiger partial charge is 0.306 e. The van der Waals surface area contributed by atoms with E-state index in [4.69, 9.17) is 14.2 Å². The van der Waals surface area contributed by atoms with E-state index in [0.717, 1.165) is 89.9 Å². The first-order valence-electron chi connectivity index (χ1n) is 32.1. The third kappa shape index (κ3) is 61.3. The molecule has 0 aliphatic carbocycles. The topological polar surface area (TPSA) is 78.9 Å². The Kier molecular flexibility index (Phi) is 60.3. The van der Waals surface area contributed by atoms with E-state index < -0.39 is 12.1 Å². The number of ether oxygens (including phenoxy) is 3. The molecule has 6 heteroatoms. The van der Waals surface area contributed by atoms with Gasteiger partial charge in [-0.1, -0.05) is 298 Å². The standard InChI is InChI=1S/C69H120O6/c1-4-7-10-13-15-17-19-21-23-25-27-28-29-30-31-32-33-34-35-36-37-38-39-40-42-43-45-47-49-51-53-56-59-62-68(71)74-65-66(64-73-67(70)61-58-55-12-9-6-3)75-69(72)63-60-57-54-52-50-48-46-44-41-26-24-22-20-18-16-14-11-8-5-2/h8,11,16,18,22,24-25,27,41,44,48,50,54,57,66H,4-7,9-10,12-15,17,19-21,23,26,28-40,42-43,45-47,49,51-53,55-56,58-65H2,1-3H3/b11-8-,18-16-,24-22-,27-25-,44-41-,50-48-,57-54-. The molecule has 0 aromatic heterocycles. The molecule has 6 nitrogen and oxygen atoms in total. The molecule has 0 rings (SSSR count). The Morgan fingerprint density at radius 3 is 0.867 bits per heavy atom. The van der Waals surface area contributed by atoms with Crippen molar-refractivity contribution >= 4 is 17.9 Å². The van der Waals surface area contributed by atoms with Crippen molar-refractivity contribution in [2.45, 2.75) is 322 Å². The number of hydrogen-bond acceptors (Lipinski definition) is 6. The number of carbonyl (C=O) groups is 3. The van der Waals surface area contributed by atoms with Crippen LogP contribution in [0.5, 0.6) is 0 Å². The zero-order valence-electron chi connectivity index (χ0n) is 49.6. The lowest BCUT2D eigenvalue weighted by atomic mass is 10.0. The van der Waals surface area contributed by atoms with Gasteiger partial charge >= 0.3 is 17.9 Å². The van der Waals surface area contributed by atoms with E-state index in [-0.39, 0.29) is 31.6 Å². The van der Waals surface area contributed by atoms with E-state index in [1.165, 1.54) is 180 Å². The van der Waals surface area contributed by atoms with Gasteiger partial charge in [-0.2, -0.15) is 0 Å². The quantitative estimate of drug-likeness (QED) is 0.0261. The van der Waals surface area contributed by atoms with Gasteiger partial charge in [-0.3, -0.25) is 14.4 Å². The number of hydrogen-bond donors (Lipinski definition) is 0. The third-order valence-corrected chi connectivity index (χ3v) is 13.9. The van der Waals surface area contributed by atoms with Gasteiger partial charge in [0.1, 0.15) is 13.2 Å². The lowest BCUT2D eigenvalue weighted by Crippen LogP contribution is -2.30. The SMILES string of the molecule is CC/C=C\C/C=C\C/C=C\C/C=C\C/C=C\C/C=C\CCC(=O)OC(COC(=O)CCCCCCC)COC(=O)CCCCCCCCCCCCCCCCCCCCCCC/C=C\CCCCCCCCCC. The molecule has 0 saturated carbocycles. The maximum absolute atomic E-state index is 12.8. The van der Waals surface area contributed by atoms with Crippen molar-refractivity contribution in [1.29, 1.82) is 0 Å².